The summed E-state index contributed by atoms with van der Waals surface area (Å²) >= 11 is 0. The second-order valence-corrected chi connectivity index (χ2v) is 6.85. The number of alkyl halides is 3. The topological polar surface area (TPSA) is 73.1 Å². The van der Waals surface area contributed by atoms with Gasteiger partial charge in [0.15, 0.2) is 0 Å². The maximum Gasteiger partial charge on any atom is 0.417 e. The van der Waals surface area contributed by atoms with E-state index in [0.717, 1.165) is 12.3 Å². The number of halogens is 3. The van der Waals surface area contributed by atoms with E-state index in [2.05, 4.69) is 15.2 Å². The highest BCUT2D eigenvalue weighted by Gasteiger charge is 2.31. The second kappa shape index (κ2) is 8.13. The molecule has 1 saturated heterocycles. The van der Waals surface area contributed by atoms with Crippen LogP contribution in [-0.4, -0.2) is 50.0 Å². The SMILES string of the molecule is O=C(c1ccccc1-n1nccn1)N1CCCC(Oc2ccc(C(F)(F)F)cn2)C1. The van der Waals surface area contributed by atoms with Gasteiger partial charge in [-0.15, -0.1) is 0 Å². The fourth-order valence-electron chi connectivity index (χ4n) is 3.35. The number of aromatic nitrogens is 4. The third kappa shape index (κ3) is 4.27. The van der Waals surface area contributed by atoms with E-state index in [1.165, 1.54) is 23.3 Å². The molecule has 0 N–H and O–H groups in total. The summed E-state index contributed by atoms with van der Waals surface area (Å²) in [7, 11) is 0. The average molecular weight is 417 g/mol. The Balaban J connectivity index is 1.46. The molecule has 0 aliphatic carbocycles. The van der Waals surface area contributed by atoms with Gasteiger partial charge in [-0.1, -0.05) is 12.1 Å². The molecule has 1 amide bonds. The van der Waals surface area contributed by atoms with Crippen molar-refractivity contribution in [2.75, 3.05) is 13.1 Å². The molecular formula is C20H18F3N5O2. The molecule has 156 valence electrons. The van der Waals surface area contributed by atoms with Crippen LogP contribution in [0.4, 0.5) is 13.2 Å². The van der Waals surface area contributed by atoms with Gasteiger partial charge in [0.25, 0.3) is 5.91 Å². The highest BCUT2D eigenvalue weighted by Crippen LogP contribution is 2.29. The molecule has 1 aromatic carbocycles. The standard InChI is InChI=1S/C20H18F3N5O2/c21-20(22,23)14-7-8-18(24-12-14)30-15-4-3-11-27(13-15)19(29)16-5-1-2-6-17(16)28-25-9-10-26-28/h1-2,5-10,12,15H,3-4,11,13H2. The summed E-state index contributed by atoms with van der Waals surface area (Å²) in [5, 5.41) is 8.18. The third-order valence-electron chi connectivity index (χ3n) is 4.79. The lowest BCUT2D eigenvalue weighted by Gasteiger charge is -2.33. The fraction of sp³-hybridized carbons (Fsp3) is 0.300. The number of amides is 1. The third-order valence-corrected chi connectivity index (χ3v) is 4.79. The van der Waals surface area contributed by atoms with Gasteiger partial charge in [0, 0.05) is 18.8 Å². The van der Waals surface area contributed by atoms with Crippen LogP contribution in [0.5, 0.6) is 5.88 Å². The van der Waals surface area contributed by atoms with Crippen molar-refractivity contribution in [1.29, 1.82) is 0 Å². The zero-order valence-electron chi connectivity index (χ0n) is 15.8. The number of pyridine rings is 1. The average Bonchev–Trinajstić information content (AvgIpc) is 3.28. The van der Waals surface area contributed by atoms with Crippen molar-refractivity contribution in [2.45, 2.75) is 25.1 Å². The monoisotopic (exact) mass is 417 g/mol. The van der Waals surface area contributed by atoms with Gasteiger partial charge in [-0.05, 0) is 31.0 Å². The number of para-hydroxylation sites is 1. The Morgan fingerprint density at radius 3 is 2.57 bits per heavy atom. The van der Waals surface area contributed by atoms with Crippen LogP contribution in [0.1, 0.15) is 28.8 Å². The smallest absolute Gasteiger partial charge is 0.417 e. The number of carbonyl (C=O) groups is 1. The Morgan fingerprint density at radius 2 is 1.87 bits per heavy atom. The van der Waals surface area contributed by atoms with E-state index in [9.17, 15) is 18.0 Å². The molecule has 4 rings (SSSR count). The van der Waals surface area contributed by atoms with Gasteiger partial charge >= 0.3 is 6.18 Å². The minimum Gasteiger partial charge on any atom is -0.472 e. The Morgan fingerprint density at radius 1 is 1.10 bits per heavy atom. The Hall–Kier alpha value is -3.43. The second-order valence-electron chi connectivity index (χ2n) is 6.85. The van der Waals surface area contributed by atoms with Gasteiger partial charge in [-0.2, -0.15) is 28.2 Å². The van der Waals surface area contributed by atoms with Crippen molar-refractivity contribution in [1.82, 2.24) is 24.9 Å². The quantitative estimate of drug-likeness (QED) is 0.651. The predicted molar refractivity (Wildman–Crippen MR) is 100 cm³/mol. The van der Waals surface area contributed by atoms with Crippen LogP contribution in [0.25, 0.3) is 5.69 Å². The van der Waals surface area contributed by atoms with Crippen LogP contribution in [0.3, 0.4) is 0 Å². The van der Waals surface area contributed by atoms with E-state index in [1.807, 2.05) is 0 Å². The molecule has 0 spiro atoms. The first kappa shape index (κ1) is 19.9. The molecule has 1 atom stereocenters. The van der Waals surface area contributed by atoms with Gasteiger partial charge in [0.05, 0.1) is 35.8 Å². The summed E-state index contributed by atoms with van der Waals surface area (Å²) in [5.74, 6) is -0.0833. The highest BCUT2D eigenvalue weighted by atomic mass is 19.4. The number of carbonyl (C=O) groups excluding carboxylic acids is 1. The van der Waals surface area contributed by atoms with Gasteiger partial charge in [-0.3, -0.25) is 4.79 Å². The summed E-state index contributed by atoms with van der Waals surface area (Å²) in [6.07, 6.45) is 0.382. The molecule has 1 fully saturated rings. The summed E-state index contributed by atoms with van der Waals surface area (Å²) in [4.78, 5) is 19.9. The summed E-state index contributed by atoms with van der Waals surface area (Å²) in [5.41, 5.74) is 0.195. The Kier molecular flexibility index (Phi) is 5.39. The van der Waals surface area contributed by atoms with E-state index in [1.54, 1.807) is 29.2 Å². The number of ether oxygens (including phenoxy) is 1. The number of hydrogen-bond donors (Lipinski definition) is 0. The number of likely N-dealkylation sites (tertiary alicyclic amines) is 1. The molecule has 0 bridgehead atoms. The van der Waals surface area contributed by atoms with Gasteiger partial charge in [0.2, 0.25) is 5.88 Å². The molecule has 7 nitrogen and oxygen atoms in total. The van der Waals surface area contributed by atoms with Crippen molar-refractivity contribution < 1.29 is 22.7 Å². The van der Waals surface area contributed by atoms with Crippen LogP contribution >= 0.6 is 0 Å². The minimum absolute atomic E-state index is 0.100. The van der Waals surface area contributed by atoms with Gasteiger partial charge < -0.3 is 9.64 Å². The first-order valence-electron chi connectivity index (χ1n) is 9.37. The maximum absolute atomic E-state index is 13.1. The van der Waals surface area contributed by atoms with Crippen LogP contribution in [0, 0.1) is 0 Å². The molecule has 3 heterocycles. The molecule has 1 aliphatic rings. The van der Waals surface area contributed by atoms with Crippen molar-refractivity contribution in [2.24, 2.45) is 0 Å². The van der Waals surface area contributed by atoms with E-state index in [-0.39, 0.29) is 17.9 Å². The van der Waals surface area contributed by atoms with Crippen LogP contribution < -0.4 is 4.74 Å². The molecule has 1 aliphatic heterocycles. The molecule has 10 heteroatoms. The maximum atomic E-state index is 13.1. The van der Waals surface area contributed by atoms with Crippen LogP contribution in [0.2, 0.25) is 0 Å². The number of rotatable bonds is 4. The Bertz CT molecular complexity index is 1010. The normalized spacial score (nSPS) is 17.0. The Labute approximate surface area is 170 Å². The molecule has 0 saturated carbocycles. The lowest BCUT2D eigenvalue weighted by molar-refractivity contribution is -0.137. The van der Waals surface area contributed by atoms with Gasteiger partial charge in [-0.25, -0.2) is 4.98 Å². The summed E-state index contributed by atoms with van der Waals surface area (Å²) in [6, 6.07) is 9.17. The summed E-state index contributed by atoms with van der Waals surface area (Å²) < 4.78 is 43.8. The van der Waals surface area contributed by atoms with E-state index >= 15 is 0 Å². The van der Waals surface area contributed by atoms with Gasteiger partial charge in [0.1, 0.15) is 6.10 Å². The first-order valence-corrected chi connectivity index (χ1v) is 9.37. The molecular weight excluding hydrogens is 399 g/mol. The van der Waals surface area contributed by atoms with Crippen molar-refractivity contribution in [3.63, 3.8) is 0 Å². The fourth-order valence-corrected chi connectivity index (χ4v) is 3.35. The van der Waals surface area contributed by atoms with Crippen molar-refractivity contribution in [3.05, 3.63) is 66.1 Å². The first-order chi connectivity index (χ1) is 14.4. The highest BCUT2D eigenvalue weighted by molar-refractivity contribution is 5.97. The van der Waals surface area contributed by atoms with E-state index < -0.39 is 11.7 Å². The summed E-state index contributed by atoms with van der Waals surface area (Å²) in [6.45, 7) is 0.864. The van der Waals surface area contributed by atoms with E-state index in [4.69, 9.17) is 4.74 Å². The largest absolute Gasteiger partial charge is 0.472 e. The molecule has 30 heavy (non-hydrogen) atoms. The van der Waals surface area contributed by atoms with Crippen LogP contribution in [0.15, 0.2) is 55.0 Å². The molecule has 1 unspecified atom stereocenters. The number of benzene rings is 1. The molecule has 3 aromatic rings. The minimum atomic E-state index is -4.45. The number of hydrogen-bond acceptors (Lipinski definition) is 5. The van der Waals surface area contributed by atoms with E-state index in [0.29, 0.717) is 37.2 Å². The molecule has 2 aromatic heterocycles. The number of piperidine rings is 1. The van der Waals surface area contributed by atoms with Crippen molar-refractivity contribution >= 4 is 5.91 Å². The van der Waals surface area contributed by atoms with Crippen molar-refractivity contribution in [3.8, 4) is 11.6 Å². The molecule has 0 radical (unpaired) electrons. The lowest BCUT2D eigenvalue weighted by Crippen LogP contribution is -2.44. The zero-order valence-corrected chi connectivity index (χ0v) is 15.8. The zero-order chi connectivity index (χ0) is 21.1. The lowest BCUT2D eigenvalue weighted by atomic mass is 10.1. The predicted octanol–water partition coefficient (Wildman–Crippen LogP) is 3.36. The number of nitrogens with zero attached hydrogens (tertiary/aromatic N) is 5. The van der Waals surface area contributed by atoms with Crippen LogP contribution in [-0.2, 0) is 6.18 Å².